The molecule has 0 spiro atoms. The molecule has 1 N–H and O–H groups in total. The molecule has 0 unspecified atom stereocenters. The standard InChI is InChI=1S/C25H27F3N2O2/c26-25(27,28)22-3-1-2-19(15-22)16-29-23(31)20-6-4-17(5-7-20)14-18-10-12-30(13-11-18)24(32)21-8-9-21/h1-7,15,18,21H,8-14,16H2,(H,29,31). The highest BCUT2D eigenvalue weighted by atomic mass is 19.4. The van der Waals surface area contributed by atoms with Crippen LogP contribution in [0.1, 0.15) is 52.7 Å². The minimum absolute atomic E-state index is 0.0304. The quantitative estimate of drug-likeness (QED) is 0.694. The first kappa shape index (κ1) is 22.4. The fourth-order valence-corrected chi connectivity index (χ4v) is 4.21. The molecule has 2 aromatic carbocycles. The Morgan fingerprint density at radius 2 is 1.62 bits per heavy atom. The van der Waals surface area contributed by atoms with Gasteiger partial charge >= 0.3 is 6.18 Å². The number of carbonyl (C=O) groups excluding carboxylic acids is 2. The van der Waals surface area contributed by atoms with Crippen molar-refractivity contribution in [3.63, 3.8) is 0 Å². The summed E-state index contributed by atoms with van der Waals surface area (Å²) in [6, 6.07) is 12.3. The van der Waals surface area contributed by atoms with Gasteiger partial charge in [0.2, 0.25) is 5.91 Å². The van der Waals surface area contributed by atoms with Gasteiger partial charge in [0.25, 0.3) is 5.91 Å². The Morgan fingerprint density at radius 1 is 0.938 bits per heavy atom. The molecule has 7 heteroatoms. The second kappa shape index (κ2) is 9.35. The summed E-state index contributed by atoms with van der Waals surface area (Å²) >= 11 is 0. The molecule has 0 bridgehead atoms. The van der Waals surface area contributed by atoms with Crippen LogP contribution >= 0.6 is 0 Å². The van der Waals surface area contributed by atoms with E-state index in [1.807, 2.05) is 17.0 Å². The monoisotopic (exact) mass is 444 g/mol. The van der Waals surface area contributed by atoms with Gasteiger partial charge in [-0.1, -0.05) is 24.3 Å². The van der Waals surface area contributed by atoms with Gasteiger partial charge in [0.05, 0.1) is 5.56 Å². The molecule has 1 heterocycles. The number of halogens is 3. The van der Waals surface area contributed by atoms with Crippen molar-refractivity contribution in [2.45, 2.75) is 44.8 Å². The maximum atomic E-state index is 12.8. The van der Waals surface area contributed by atoms with Gasteiger partial charge in [0.1, 0.15) is 0 Å². The van der Waals surface area contributed by atoms with Crippen LogP contribution in [0, 0.1) is 11.8 Å². The van der Waals surface area contributed by atoms with Crippen molar-refractivity contribution in [3.05, 3.63) is 70.8 Å². The van der Waals surface area contributed by atoms with E-state index in [0.29, 0.717) is 23.0 Å². The van der Waals surface area contributed by atoms with Crippen LogP contribution in [-0.2, 0) is 23.9 Å². The lowest BCUT2D eigenvalue weighted by molar-refractivity contribution is -0.137. The summed E-state index contributed by atoms with van der Waals surface area (Å²) in [5.41, 5.74) is 1.30. The van der Waals surface area contributed by atoms with Gasteiger partial charge in [0.15, 0.2) is 0 Å². The number of rotatable bonds is 6. The van der Waals surface area contributed by atoms with E-state index in [0.717, 1.165) is 62.9 Å². The van der Waals surface area contributed by atoms with Gasteiger partial charge in [-0.25, -0.2) is 0 Å². The van der Waals surface area contributed by atoms with Gasteiger partial charge in [-0.3, -0.25) is 9.59 Å². The molecule has 4 rings (SSSR count). The zero-order valence-corrected chi connectivity index (χ0v) is 17.8. The normalized spacial score (nSPS) is 17.3. The molecule has 4 nitrogen and oxygen atoms in total. The minimum Gasteiger partial charge on any atom is -0.348 e. The van der Waals surface area contributed by atoms with Crippen LogP contribution < -0.4 is 5.32 Å². The predicted molar refractivity (Wildman–Crippen MR) is 115 cm³/mol. The molecule has 2 fully saturated rings. The van der Waals surface area contributed by atoms with Crippen molar-refractivity contribution >= 4 is 11.8 Å². The zero-order chi connectivity index (χ0) is 22.7. The Morgan fingerprint density at radius 3 is 2.25 bits per heavy atom. The smallest absolute Gasteiger partial charge is 0.348 e. The lowest BCUT2D eigenvalue weighted by Crippen LogP contribution is -2.39. The van der Waals surface area contributed by atoms with Crippen LogP contribution in [0.3, 0.4) is 0 Å². The first-order valence-corrected chi connectivity index (χ1v) is 11.1. The van der Waals surface area contributed by atoms with Crippen molar-refractivity contribution in [2.24, 2.45) is 11.8 Å². The van der Waals surface area contributed by atoms with E-state index in [9.17, 15) is 22.8 Å². The summed E-state index contributed by atoms with van der Waals surface area (Å²) in [6.07, 6.45) is 0.587. The van der Waals surface area contributed by atoms with Crippen LogP contribution in [-0.4, -0.2) is 29.8 Å². The summed E-state index contributed by atoms with van der Waals surface area (Å²) in [5.74, 6) is 0.808. The summed E-state index contributed by atoms with van der Waals surface area (Å²) in [5, 5.41) is 2.68. The van der Waals surface area contributed by atoms with Crippen molar-refractivity contribution in [1.29, 1.82) is 0 Å². The van der Waals surface area contributed by atoms with Gasteiger partial charge in [-0.15, -0.1) is 0 Å². The van der Waals surface area contributed by atoms with E-state index in [4.69, 9.17) is 0 Å². The van der Waals surface area contributed by atoms with Crippen LogP contribution in [0.2, 0.25) is 0 Å². The Bertz CT molecular complexity index is 960. The summed E-state index contributed by atoms with van der Waals surface area (Å²) in [6.45, 7) is 1.69. The number of nitrogens with zero attached hydrogens (tertiary/aromatic N) is 1. The Labute approximate surface area is 185 Å². The number of amides is 2. The molecule has 2 aromatic rings. The third-order valence-corrected chi connectivity index (χ3v) is 6.30. The number of alkyl halides is 3. The van der Waals surface area contributed by atoms with E-state index in [2.05, 4.69) is 5.32 Å². The second-order valence-corrected chi connectivity index (χ2v) is 8.82. The molecule has 0 atom stereocenters. The third-order valence-electron chi connectivity index (χ3n) is 6.30. The molecule has 1 saturated carbocycles. The number of carbonyl (C=O) groups is 2. The maximum Gasteiger partial charge on any atom is 0.416 e. The lowest BCUT2D eigenvalue weighted by atomic mass is 9.89. The SMILES string of the molecule is O=C(NCc1cccc(C(F)(F)F)c1)c1ccc(CC2CCN(C(=O)C3CC3)CC2)cc1. The fraction of sp³-hybridized carbons (Fsp3) is 0.440. The van der Waals surface area contributed by atoms with E-state index in [1.165, 1.54) is 6.07 Å². The van der Waals surface area contributed by atoms with Crippen LogP contribution in [0.15, 0.2) is 48.5 Å². The van der Waals surface area contributed by atoms with Crippen LogP contribution in [0.25, 0.3) is 0 Å². The predicted octanol–water partition coefficient (Wildman–Crippen LogP) is 4.83. The molecule has 32 heavy (non-hydrogen) atoms. The highest BCUT2D eigenvalue weighted by Gasteiger charge is 2.35. The summed E-state index contributed by atoms with van der Waals surface area (Å²) in [7, 11) is 0. The van der Waals surface area contributed by atoms with Crippen molar-refractivity contribution in [2.75, 3.05) is 13.1 Å². The molecule has 2 amide bonds. The number of hydrogen-bond donors (Lipinski definition) is 1. The van der Waals surface area contributed by atoms with E-state index in [1.54, 1.807) is 18.2 Å². The summed E-state index contributed by atoms with van der Waals surface area (Å²) in [4.78, 5) is 26.6. The average Bonchev–Trinajstić information content (AvgIpc) is 3.63. The number of benzene rings is 2. The van der Waals surface area contributed by atoms with Crippen molar-refractivity contribution in [1.82, 2.24) is 10.2 Å². The molecular formula is C25H27F3N2O2. The Balaban J connectivity index is 1.25. The van der Waals surface area contributed by atoms with E-state index in [-0.39, 0.29) is 18.4 Å². The van der Waals surface area contributed by atoms with Gasteiger partial charge in [0, 0.05) is 31.1 Å². The third kappa shape index (κ3) is 5.69. The summed E-state index contributed by atoms with van der Waals surface area (Å²) < 4.78 is 38.5. The molecule has 0 aromatic heterocycles. The number of hydrogen-bond acceptors (Lipinski definition) is 2. The molecule has 2 aliphatic rings. The molecule has 1 saturated heterocycles. The fourth-order valence-electron chi connectivity index (χ4n) is 4.21. The molecular weight excluding hydrogens is 417 g/mol. The number of piperidine rings is 1. The Kier molecular flexibility index (Phi) is 6.53. The highest BCUT2D eigenvalue weighted by molar-refractivity contribution is 5.94. The number of likely N-dealkylation sites (tertiary alicyclic amines) is 1. The average molecular weight is 444 g/mol. The number of nitrogens with one attached hydrogen (secondary N) is 1. The molecule has 1 aliphatic carbocycles. The van der Waals surface area contributed by atoms with Crippen LogP contribution in [0.5, 0.6) is 0 Å². The molecule has 170 valence electrons. The van der Waals surface area contributed by atoms with Gasteiger partial charge in [-0.05, 0) is 73.4 Å². The van der Waals surface area contributed by atoms with Crippen molar-refractivity contribution in [3.8, 4) is 0 Å². The van der Waals surface area contributed by atoms with E-state index >= 15 is 0 Å². The Hall–Kier alpha value is -2.83. The molecule has 1 aliphatic heterocycles. The van der Waals surface area contributed by atoms with Crippen molar-refractivity contribution < 1.29 is 22.8 Å². The lowest BCUT2D eigenvalue weighted by Gasteiger charge is -2.32. The minimum atomic E-state index is -4.40. The topological polar surface area (TPSA) is 49.4 Å². The zero-order valence-electron chi connectivity index (χ0n) is 17.8. The molecule has 0 radical (unpaired) electrons. The first-order valence-electron chi connectivity index (χ1n) is 11.1. The van der Waals surface area contributed by atoms with Gasteiger partial charge < -0.3 is 10.2 Å². The van der Waals surface area contributed by atoms with Gasteiger partial charge in [-0.2, -0.15) is 13.2 Å². The first-order chi connectivity index (χ1) is 15.3. The second-order valence-electron chi connectivity index (χ2n) is 8.82. The largest absolute Gasteiger partial charge is 0.416 e. The van der Waals surface area contributed by atoms with Crippen LogP contribution in [0.4, 0.5) is 13.2 Å². The maximum absolute atomic E-state index is 12.8. The highest BCUT2D eigenvalue weighted by Crippen LogP contribution is 2.33. The van der Waals surface area contributed by atoms with E-state index < -0.39 is 11.7 Å².